The molecule has 118 valence electrons. The Labute approximate surface area is 127 Å². The van der Waals surface area contributed by atoms with E-state index in [-0.39, 0.29) is 18.2 Å². The van der Waals surface area contributed by atoms with Crippen molar-refractivity contribution >= 4 is 0 Å². The molecule has 1 aliphatic rings. The summed E-state index contributed by atoms with van der Waals surface area (Å²) in [5.74, 6) is 0.847. The largest absolute Gasteiger partial charge is 0.497 e. The lowest BCUT2D eigenvalue weighted by molar-refractivity contribution is -0.0725. The second-order valence-corrected chi connectivity index (χ2v) is 5.84. The van der Waals surface area contributed by atoms with Crippen LogP contribution in [0.15, 0.2) is 24.3 Å². The van der Waals surface area contributed by atoms with E-state index in [4.69, 9.17) is 19.9 Å². The highest BCUT2D eigenvalue weighted by molar-refractivity contribution is 5.29. The van der Waals surface area contributed by atoms with Gasteiger partial charge in [0.15, 0.2) is 0 Å². The summed E-state index contributed by atoms with van der Waals surface area (Å²) in [6.07, 6.45) is 4.76. The minimum Gasteiger partial charge on any atom is -0.497 e. The fraction of sp³-hybridized carbons (Fsp3) is 0.647. The van der Waals surface area contributed by atoms with Gasteiger partial charge >= 0.3 is 0 Å². The molecule has 1 saturated carbocycles. The summed E-state index contributed by atoms with van der Waals surface area (Å²) >= 11 is 0. The molecule has 0 aliphatic heterocycles. The molecule has 4 nitrogen and oxygen atoms in total. The van der Waals surface area contributed by atoms with Crippen LogP contribution in [0.25, 0.3) is 0 Å². The van der Waals surface area contributed by atoms with Crippen molar-refractivity contribution in [1.29, 1.82) is 0 Å². The summed E-state index contributed by atoms with van der Waals surface area (Å²) < 4.78 is 17.0. The van der Waals surface area contributed by atoms with Crippen LogP contribution in [-0.4, -0.2) is 32.5 Å². The molecule has 1 aliphatic carbocycles. The van der Waals surface area contributed by atoms with E-state index >= 15 is 0 Å². The standard InChI is InChI=1S/C17H27NO3/c1-12(18)17(13-7-9-14(19-2)10-8-13)21-16-6-4-5-15(11-16)20-3/h7-10,12,15-17H,4-6,11,18H2,1-3H3. The van der Waals surface area contributed by atoms with E-state index in [1.165, 1.54) is 0 Å². The minimum absolute atomic E-state index is 0.0543. The predicted molar refractivity (Wildman–Crippen MR) is 83.5 cm³/mol. The SMILES string of the molecule is COc1ccc(C(OC2CCCC(OC)C2)C(C)N)cc1. The lowest BCUT2D eigenvalue weighted by atomic mass is 9.94. The Hall–Kier alpha value is -1.10. The van der Waals surface area contributed by atoms with Gasteiger partial charge in [0.05, 0.1) is 25.4 Å². The number of rotatable bonds is 6. The molecule has 1 aromatic carbocycles. The molecule has 2 N–H and O–H groups in total. The molecular weight excluding hydrogens is 266 g/mol. The number of nitrogens with two attached hydrogens (primary N) is 1. The van der Waals surface area contributed by atoms with Crippen LogP contribution in [-0.2, 0) is 9.47 Å². The first kappa shape index (κ1) is 16.3. The van der Waals surface area contributed by atoms with Crippen molar-refractivity contribution in [3.63, 3.8) is 0 Å². The molecule has 1 aromatic rings. The zero-order valence-electron chi connectivity index (χ0n) is 13.2. The normalized spacial score (nSPS) is 25.3. The van der Waals surface area contributed by atoms with E-state index in [0.717, 1.165) is 37.0 Å². The molecule has 0 spiro atoms. The molecule has 0 saturated heterocycles. The first-order valence-corrected chi connectivity index (χ1v) is 7.71. The van der Waals surface area contributed by atoms with E-state index in [1.807, 2.05) is 31.2 Å². The topological polar surface area (TPSA) is 53.7 Å². The van der Waals surface area contributed by atoms with E-state index < -0.39 is 0 Å². The van der Waals surface area contributed by atoms with Crippen LogP contribution >= 0.6 is 0 Å². The molecule has 21 heavy (non-hydrogen) atoms. The highest BCUT2D eigenvalue weighted by atomic mass is 16.5. The molecule has 0 radical (unpaired) electrons. The predicted octanol–water partition coefficient (Wildman–Crippen LogP) is 3.06. The van der Waals surface area contributed by atoms with Crippen molar-refractivity contribution in [1.82, 2.24) is 0 Å². The van der Waals surface area contributed by atoms with Gasteiger partial charge in [-0.25, -0.2) is 0 Å². The Balaban J connectivity index is 2.04. The maximum absolute atomic E-state index is 6.30. The summed E-state index contributed by atoms with van der Waals surface area (Å²) in [7, 11) is 3.45. The quantitative estimate of drug-likeness (QED) is 0.876. The third-order valence-electron chi connectivity index (χ3n) is 4.17. The van der Waals surface area contributed by atoms with Crippen LogP contribution in [0.5, 0.6) is 5.75 Å². The van der Waals surface area contributed by atoms with E-state index in [0.29, 0.717) is 6.10 Å². The van der Waals surface area contributed by atoms with Crippen molar-refractivity contribution in [2.24, 2.45) is 5.73 Å². The molecule has 0 amide bonds. The Morgan fingerprint density at radius 1 is 1.10 bits per heavy atom. The lowest BCUT2D eigenvalue weighted by Gasteiger charge is -2.33. The van der Waals surface area contributed by atoms with Crippen molar-refractivity contribution < 1.29 is 14.2 Å². The molecule has 0 aromatic heterocycles. The Morgan fingerprint density at radius 3 is 2.33 bits per heavy atom. The minimum atomic E-state index is -0.0866. The monoisotopic (exact) mass is 293 g/mol. The zero-order chi connectivity index (χ0) is 15.2. The summed E-state index contributed by atoms with van der Waals surface area (Å²) in [5, 5.41) is 0. The Morgan fingerprint density at radius 2 is 1.76 bits per heavy atom. The van der Waals surface area contributed by atoms with Gasteiger partial charge in [-0.3, -0.25) is 0 Å². The van der Waals surface area contributed by atoms with E-state index in [2.05, 4.69) is 0 Å². The first-order valence-electron chi connectivity index (χ1n) is 7.71. The first-order chi connectivity index (χ1) is 10.1. The average molecular weight is 293 g/mol. The highest BCUT2D eigenvalue weighted by Crippen LogP contribution is 2.30. The maximum Gasteiger partial charge on any atom is 0.118 e. The van der Waals surface area contributed by atoms with Crippen molar-refractivity contribution in [2.45, 2.75) is 57.0 Å². The number of ether oxygens (including phenoxy) is 3. The Kier molecular flexibility index (Phi) is 6.03. The third kappa shape index (κ3) is 4.43. The summed E-state index contributed by atoms with van der Waals surface area (Å²) in [4.78, 5) is 0. The fourth-order valence-corrected chi connectivity index (χ4v) is 2.95. The Bertz CT molecular complexity index is 419. The van der Waals surface area contributed by atoms with Crippen molar-refractivity contribution in [3.05, 3.63) is 29.8 Å². The van der Waals surface area contributed by atoms with Crippen LogP contribution < -0.4 is 10.5 Å². The third-order valence-corrected chi connectivity index (χ3v) is 4.17. The second-order valence-electron chi connectivity index (χ2n) is 5.84. The summed E-state index contributed by atoms with van der Waals surface area (Å²) in [5.41, 5.74) is 7.24. The van der Waals surface area contributed by atoms with E-state index in [1.54, 1.807) is 14.2 Å². The van der Waals surface area contributed by atoms with Crippen molar-refractivity contribution in [3.8, 4) is 5.75 Å². The van der Waals surface area contributed by atoms with Crippen molar-refractivity contribution in [2.75, 3.05) is 14.2 Å². The highest BCUT2D eigenvalue weighted by Gasteiger charge is 2.27. The van der Waals surface area contributed by atoms with Crippen LogP contribution in [0.1, 0.15) is 44.3 Å². The maximum atomic E-state index is 6.30. The van der Waals surface area contributed by atoms with Gasteiger partial charge in [-0.15, -0.1) is 0 Å². The van der Waals surface area contributed by atoms with E-state index in [9.17, 15) is 0 Å². The zero-order valence-corrected chi connectivity index (χ0v) is 13.2. The molecule has 0 heterocycles. The fourth-order valence-electron chi connectivity index (χ4n) is 2.95. The number of benzene rings is 1. The molecular formula is C17H27NO3. The van der Waals surface area contributed by atoms with Gasteiger partial charge in [0, 0.05) is 13.2 Å². The van der Waals surface area contributed by atoms with Gasteiger partial charge in [-0.1, -0.05) is 12.1 Å². The van der Waals surface area contributed by atoms with Gasteiger partial charge in [0.25, 0.3) is 0 Å². The molecule has 1 fully saturated rings. The molecule has 0 bridgehead atoms. The molecule has 4 heteroatoms. The number of hydrogen-bond acceptors (Lipinski definition) is 4. The van der Waals surface area contributed by atoms with Crippen LogP contribution in [0, 0.1) is 0 Å². The van der Waals surface area contributed by atoms with Gasteiger partial charge in [-0.05, 0) is 50.3 Å². The lowest BCUT2D eigenvalue weighted by Crippen LogP contribution is -2.34. The second kappa shape index (κ2) is 7.78. The average Bonchev–Trinajstić information content (AvgIpc) is 2.52. The molecule has 4 atom stereocenters. The van der Waals surface area contributed by atoms with Crippen LogP contribution in [0.2, 0.25) is 0 Å². The summed E-state index contributed by atoms with van der Waals surface area (Å²) in [6.45, 7) is 1.99. The smallest absolute Gasteiger partial charge is 0.118 e. The van der Waals surface area contributed by atoms with Crippen LogP contribution in [0.4, 0.5) is 0 Å². The summed E-state index contributed by atoms with van der Waals surface area (Å²) in [6, 6.07) is 7.91. The molecule has 4 unspecified atom stereocenters. The van der Waals surface area contributed by atoms with Gasteiger partial charge in [0.1, 0.15) is 5.75 Å². The number of hydrogen-bond donors (Lipinski definition) is 1. The molecule has 2 rings (SSSR count). The number of methoxy groups -OCH3 is 2. The van der Waals surface area contributed by atoms with Crippen LogP contribution in [0.3, 0.4) is 0 Å². The van der Waals surface area contributed by atoms with Gasteiger partial charge in [0.2, 0.25) is 0 Å². The van der Waals surface area contributed by atoms with Gasteiger partial charge in [-0.2, -0.15) is 0 Å². The van der Waals surface area contributed by atoms with Gasteiger partial charge < -0.3 is 19.9 Å².